The van der Waals surface area contributed by atoms with E-state index in [1.807, 2.05) is 31.2 Å². The Kier molecular flexibility index (Phi) is 5.73. The van der Waals surface area contributed by atoms with E-state index in [4.69, 9.17) is 23.2 Å². The highest BCUT2D eigenvalue weighted by molar-refractivity contribution is 6.32. The van der Waals surface area contributed by atoms with E-state index in [2.05, 4.69) is 15.6 Å². The second-order valence-corrected chi connectivity index (χ2v) is 6.55. The van der Waals surface area contributed by atoms with Crippen molar-refractivity contribution >= 4 is 40.8 Å². The molecule has 1 heterocycles. The first-order chi connectivity index (χ1) is 12.9. The van der Waals surface area contributed by atoms with Gasteiger partial charge in [-0.3, -0.25) is 15.5 Å². The molecule has 0 atom stereocenters. The SMILES string of the molecule is Cc1nn(Cc2ccc(Cl)cc2)c(Cl)c1/C=N/Nc1cccc([N+](=O)[O-])c1. The zero-order chi connectivity index (χ0) is 19.4. The molecule has 9 heteroatoms. The van der Waals surface area contributed by atoms with Gasteiger partial charge in [-0.15, -0.1) is 0 Å². The van der Waals surface area contributed by atoms with Gasteiger partial charge in [0.2, 0.25) is 0 Å². The minimum absolute atomic E-state index is 0.0137. The molecular weight excluding hydrogens is 389 g/mol. The normalized spacial score (nSPS) is 11.1. The summed E-state index contributed by atoms with van der Waals surface area (Å²) in [6.45, 7) is 2.34. The van der Waals surface area contributed by atoms with Gasteiger partial charge in [-0.2, -0.15) is 10.2 Å². The summed E-state index contributed by atoms with van der Waals surface area (Å²) in [6, 6.07) is 13.5. The molecule has 3 aromatic rings. The number of nitrogens with one attached hydrogen (secondary N) is 1. The molecule has 0 radical (unpaired) electrons. The van der Waals surface area contributed by atoms with Crippen molar-refractivity contribution in [2.24, 2.45) is 5.10 Å². The number of hydrazone groups is 1. The van der Waals surface area contributed by atoms with Crippen LogP contribution in [0.1, 0.15) is 16.8 Å². The summed E-state index contributed by atoms with van der Waals surface area (Å²) in [5.74, 6) is 0. The molecule has 2 aromatic carbocycles. The van der Waals surface area contributed by atoms with Crippen LogP contribution in [0.25, 0.3) is 0 Å². The third-order valence-corrected chi connectivity index (χ3v) is 4.45. The lowest BCUT2D eigenvalue weighted by atomic mass is 10.2. The molecule has 3 rings (SSSR count). The summed E-state index contributed by atoms with van der Waals surface area (Å²) in [5, 5.41) is 20.5. The molecule has 0 unspecified atom stereocenters. The Hall–Kier alpha value is -2.90. The largest absolute Gasteiger partial charge is 0.278 e. The van der Waals surface area contributed by atoms with Gasteiger partial charge in [-0.05, 0) is 30.7 Å². The lowest BCUT2D eigenvalue weighted by Crippen LogP contribution is -2.02. The molecule has 0 saturated carbocycles. The highest BCUT2D eigenvalue weighted by Gasteiger charge is 2.12. The number of nitrogens with zero attached hydrogens (tertiary/aromatic N) is 4. The van der Waals surface area contributed by atoms with Crippen LogP contribution in [-0.4, -0.2) is 20.9 Å². The highest BCUT2D eigenvalue weighted by Crippen LogP contribution is 2.21. The molecular formula is C18H15Cl2N5O2. The Morgan fingerprint density at radius 1 is 1.26 bits per heavy atom. The zero-order valence-corrected chi connectivity index (χ0v) is 15.8. The van der Waals surface area contributed by atoms with E-state index < -0.39 is 4.92 Å². The Morgan fingerprint density at radius 3 is 2.70 bits per heavy atom. The topological polar surface area (TPSA) is 85.3 Å². The van der Waals surface area contributed by atoms with Gasteiger partial charge >= 0.3 is 0 Å². The van der Waals surface area contributed by atoms with Crippen molar-refractivity contribution in [3.05, 3.63) is 85.6 Å². The number of anilines is 1. The fourth-order valence-corrected chi connectivity index (χ4v) is 2.85. The number of halogens is 2. The third kappa shape index (κ3) is 4.64. The van der Waals surface area contributed by atoms with E-state index >= 15 is 0 Å². The highest BCUT2D eigenvalue weighted by atomic mass is 35.5. The summed E-state index contributed by atoms with van der Waals surface area (Å²) in [4.78, 5) is 10.4. The fraction of sp³-hybridized carbons (Fsp3) is 0.111. The Morgan fingerprint density at radius 2 is 2.00 bits per heavy atom. The Bertz CT molecular complexity index is 999. The minimum atomic E-state index is -0.462. The maximum Gasteiger partial charge on any atom is 0.271 e. The molecule has 7 nitrogen and oxygen atoms in total. The van der Waals surface area contributed by atoms with Crippen molar-refractivity contribution < 1.29 is 4.92 Å². The average molecular weight is 404 g/mol. The summed E-state index contributed by atoms with van der Waals surface area (Å²) >= 11 is 12.3. The third-order valence-electron chi connectivity index (χ3n) is 3.80. The lowest BCUT2D eigenvalue weighted by molar-refractivity contribution is -0.384. The standard InChI is InChI=1S/C18H15Cl2N5O2/c1-12-17(10-21-22-15-3-2-4-16(9-15)25(26)27)18(20)24(23-12)11-13-5-7-14(19)8-6-13/h2-10,22H,11H2,1H3/b21-10+. The van der Waals surface area contributed by atoms with Crippen LogP contribution in [0.2, 0.25) is 10.2 Å². The van der Waals surface area contributed by atoms with Crippen LogP contribution in [0.15, 0.2) is 53.6 Å². The van der Waals surface area contributed by atoms with Gasteiger partial charge in [-0.1, -0.05) is 41.4 Å². The number of non-ortho nitro benzene ring substituents is 1. The van der Waals surface area contributed by atoms with Crippen molar-refractivity contribution in [3.8, 4) is 0 Å². The van der Waals surface area contributed by atoms with E-state index in [0.717, 1.165) is 11.3 Å². The van der Waals surface area contributed by atoms with Crippen molar-refractivity contribution in [2.45, 2.75) is 13.5 Å². The Balaban J connectivity index is 1.74. The Labute approximate surface area is 165 Å². The molecule has 1 aromatic heterocycles. The zero-order valence-electron chi connectivity index (χ0n) is 14.3. The van der Waals surface area contributed by atoms with E-state index in [1.165, 1.54) is 12.1 Å². The summed E-state index contributed by atoms with van der Waals surface area (Å²) in [5.41, 5.74) is 5.66. The maximum absolute atomic E-state index is 10.8. The van der Waals surface area contributed by atoms with Crippen molar-refractivity contribution in [1.29, 1.82) is 0 Å². The summed E-state index contributed by atoms with van der Waals surface area (Å²) in [7, 11) is 0. The predicted molar refractivity (Wildman–Crippen MR) is 107 cm³/mol. The molecule has 0 aliphatic heterocycles. The first kappa shape index (κ1) is 18.9. The van der Waals surface area contributed by atoms with Gasteiger partial charge < -0.3 is 0 Å². The van der Waals surface area contributed by atoms with Gasteiger partial charge in [0, 0.05) is 17.2 Å². The first-order valence-electron chi connectivity index (χ1n) is 7.95. The van der Waals surface area contributed by atoms with Crippen LogP contribution in [0, 0.1) is 17.0 Å². The lowest BCUT2D eigenvalue weighted by Gasteiger charge is -2.04. The van der Waals surface area contributed by atoms with Crippen molar-refractivity contribution in [1.82, 2.24) is 9.78 Å². The van der Waals surface area contributed by atoms with Gasteiger partial charge in [0.25, 0.3) is 5.69 Å². The second-order valence-electron chi connectivity index (χ2n) is 5.75. The molecule has 1 N–H and O–H groups in total. The fourth-order valence-electron chi connectivity index (χ4n) is 2.44. The van der Waals surface area contributed by atoms with Crippen molar-refractivity contribution in [2.75, 3.05) is 5.43 Å². The van der Waals surface area contributed by atoms with Gasteiger partial charge in [0.05, 0.1) is 34.6 Å². The minimum Gasteiger partial charge on any atom is -0.278 e. The second kappa shape index (κ2) is 8.20. The first-order valence-corrected chi connectivity index (χ1v) is 8.70. The maximum atomic E-state index is 10.8. The molecule has 0 amide bonds. The number of aryl methyl sites for hydroxylation is 1. The number of benzene rings is 2. The number of hydrogen-bond donors (Lipinski definition) is 1. The molecule has 27 heavy (non-hydrogen) atoms. The van der Waals surface area contributed by atoms with E-state index in [0.29, 0.717) is 28.0 Å². The molecule has 0 saturated heterocycles. The number of rotatable bonds is 6. The predicted octanol–water partition coefficient (Wildman–Crippen LogP) is 4.90. The molecule has 138 valence electrons. The molecule has 0 aliphatic carbocycles. The molecule has 0 spiro atoms. The van der Waals surface area contributed by atoms with Crippen LogP contribution in [0.4, 0.5) is 11.4 Å². The summed E-state index contributed by atoms with van der Waals surface area (Å²) < 4.78 is 1.68. The van der Waals surface area contributed by atoms with Crippen LogP contribution in [0.5, 0.6) is 0 Å². The number of nitro groups is 1. The molecule has 0 bridgehead atoms. The van der Waals surface area contributed by atoms with Gasteiger partial charge in [0.1, 0.15) is 5.15 Å². The van der Waals surface area contributed by atoms with Crippen LogP contribution in [-0.2, 0) is 6.54 Å². The van der Waals surface area contributed by atoms with Crippen LogP contribution in [0.3, 0.4) is 0 Å². The van der Waals surface area contributed by atoms with E-state index in [1.54, 1.807) is 23.0 Å². The molecule has 0 aliphatic rings. The van der Waals surface area contributed by atoms with Gasteiger partial charge in [-0.25, -0.2) is 4.68 Å². The summed E-state index contributed by atoms with van der Waals surface area (Å²) in [6.07, 6.45) is 1.54. The smallest absolute Gasteiger partial charge is 0.271 e. The number of nitro benzene ring substituents is 1. The van der Waals surface area contributed by atoms with E-state index in [9.17, 15) is 10.1 Å². The number of aromatic nitrogens is 2. The molecule has 0 fully saturated rings. The average Bonchev–Trinajstić information content (AvgIpc) is 2.91. The monoisotopic (exact) mass is 403 g/mol. The quantitative estimate of drug-likeness (QED) is 0.360. The van der Waals surface area contributed by atoms with E-state index in [-0.39, 0.29) is 5.69 Å². The number of hydrogen-bond acceptors (Lipinski definition) is 5. The van der Waals surface area contributed by atoms with Gasteiger partial charge in [0.15, 0.2) is 0 Å². The van der Waals surface area contributed by atoms with Crippen LogP contribution >= 0.6 is 23.2 Å². The van der Waals surface area contributed by atoms with Crippen molar-refractivity contribution in [3.63, 3.8) is 0 Å². The van der Waals surface area contributed by atoms with Crippen LogP contribution < -0.4 is 5.43 Å².